The first-order valence-corrected chi connectivity index (χ1v) is 7.92. The summed E-state index contributed by atoms with van der Waals surface area (Å²) >= 11 is 11.9. The van der Waals surface area contributed by atoms with Crippen molar-refractivity contribution >= 4 is 29.1 Å². The molecule has 0 bridgehead atoms. The van der Waals surface area contributed by atoms with Gasteiger partial charge in [0.1, 0.15) is 0 Å². The van der Waals surface area contributed by atoms with Gasteiger partial charge in [0.25, 0.3) is 5.91 Å². The number of halogens is 2. The van der Waals surface area contributed by atoms with Crippen LogP contribution in [0.1, 0.15) is 23.3 Å². The normalized spacial score (nSPS) is 17.6. The van der Waals surface area contributed by atoms with Gasteiger partial charge >= 0.3 is 0 Å². The fourth-order valence-electron chi connectivity index (χ4n) is 2.45. The molecule has 1 aliphatic heterocycles. The van der Waals surface area contributed by atoms with Crippen molar-refractivity contribution in [2.24, 2.45) is 0 Å². The van der Waals surface area contributed by atoms with Crippen molar-refractivity contribution in [1.29, 1.82) is 0 Å². The molecule has 1 aromatic heterocycles. The minimum atomic E-state index is -0.174. The lowest BCUT2D eigenvalue weighted by atomic mass is 10.2. The van der Waals surface area contributed by atoms with E-state index in [0.717, 1.165) is 25.1 Å². The SMILES string of the molecule is O=C(NCC1CCCN1)c1ccn(-c2ccc(Cl)c(Cl)c2)n1. The molecular formula is C15H16Cl2N4O. The third-order valence-corrected chi connectivity index (χ3v) is 4.40. The summed E-state index contributed by atoms with van der Waals surface area (Å²) in [5.41, 5.74) is 1.13. The van der Waals surface area contributed by atoms with Crippen LogP contribution in [0.25, 0.3) is 5.69 Å². The van der Waals surface area contributed by atoms with E-state index < -0.39 is 0 Å². The molecule has 2 heterocycles. The summed E-state index contributed by atoms with van der Waals surface area (Å²) < 4.78 is 1.60. The van der Waals surface area contributed by atoms with Crippen LogP contribution in [-0.2, 0) is 0 Å². The van der Waals surface area contributed by atoms with Crippen molar-refractivity contribution in [1.82, 2.24) is 20.4 Å². The number of carbonyl (C=O) groups excluding carboxylic acids is 1. The highest BCUT2D eigenvalue weighted by molar-refractivity contribution is 6.42. The van der Waals surface area contributed by atoms with Crippen molar-refractivity contribution in [2.75, 3.05) is 13.1 Å². The fraction of sp³-hybridized carbons (Fsp3) is 0.333. The van der Waals surface area contributed by atoms with E-state index in [1.165, 1.54) is 0 Å². The lowest BCUT2D eigenvalue weighted by Gasteiger charge is -2.10. The van der Waals surface area contributed by atoms with Crippen LogP contribution >= 0.6 is 23.2 Å². The third kappa shape index (κ3) is 3.43. The van der Waals surface area contributed by atoms with Gasteiger partial charge in [-0.05, 0) is 43.7 Å². The van der Waals surface area contributed by atoms with Crippen LogP contribution in [0.2, 0.25) is 10.0 Å². The summed E-state index contributed by atoms with van der Waals surface area (Å²) in [5, 5.41) is 11.5. The maximum Gasteiger partial charge on any atom is 0.271 e. The maximum atomic E-state index is 12.1. The van der Waals surface area contributed by atoms with E-state index in [0.29, 0.717) is 28.3 Å². The minimum Gasteiger partial charge on any atom is -0.349 e. The van der Waals surface area contributed by atoms with Gasteiger partial charge in [-0.3, -0.25) is 4.79 Å². The average molecular weight is 339 g/mol. The van der Waals surface area contributed by atoms with Crippen LogP contribution in [0.5, 0.6) is 0 Å². The summed E-state index contributed by atoms with van der Waals surface area (Å²) in [4.78, 5) is 12.1. The predicted molar refractivity (Wildman–Crippen MR) is 86.9 cm³/mol. The lowest BCUT2D eigenvalue weighted by molar-refractivity contribution is 0.0945. The molecule has 3 rings (SSSR count). The van der Waals surface area contributed by atoms with Crippen molar-refractivity contribution in [2.45, 2.75) is 18.9 Å². The van der Waals surface area contributed by atoms with Crippen LogP contribution in [0, 0.1) is 0 Å². The van der Waals surface area contributed by atoms with E-state index in [1.807, 2.05) is 0 Å². The first kappa shape index (κ1) is 15.3. The Kier molecular flexibility index (Phi) is 4.66. The predicted octanol–water partition coefficient (Wildman–Crippen LogP) is 2.66. The van der Waals surface area contributed by atoms with Gasteiger partial charge in [0.2, 0.25) is 0 Å². The fourth-order valence-corrected chi connectivity index (χ4v) is 2.75. The Labute approximate surface area is 138 Å². The van der Waals surface area contributed by atoms with Gasteiger partial charge < -0.3 is 10.6 Å². The number of hydrogen-bond acceptors (Lipinski definition) is 3. The molecule has 0 radical (unpaired) electrons. The zero-order valence-corrected chi connectivity index (χ0v) is 13.4. The molecule has 0 saturated carbocycles. The Balaban J connectivity index is 1.67. The smallest absolute Gasteiger partial charge is 0.271 e. The Bertz CT molecular complexity index is 680. The molecule has 1 aromatic carbocycles. The van der Waals surface area contributed by atoms with E-state index in [9.17, 15) is 4.79 Å². The van der Waals surface area contributed by atoms with Crippen molar-refractivity contribution in [3.63, 3.8) is 0 Å². The Hall–Kier alpha value is -1.56. The number of aromatic nitrogens is 2. The van der Waals surface area contributed by atoms with Crippen LogP contribution in [0.15, 0.2) is 30.5 Å². The molecule has 1 atom stereocenters. The number of amides is 1. The van der Waals surface area contributed by atoms with E-state index in [2.05, 4.69) is 15.7 Å². The zero-order valence-electron chi connectivity index (χ0n) is 11.9. The van der Waals surface area contributed by atoms with Crippen molar-refractivity contribution in [3.8, 4) is 5.69 Å². The number of rotatable bonds is 4. The van der Waals surface area contributed by atoms with Gasteiger partial charge in [-0.2, -0.15) is 5.10 Å². The highest BCUT2D eigenvalue weighted by atomic mass is 35.5. The van der Waals surface area contributed by atoms with Crippen LogP contribution in [0.4, 0.5) is 0 Å². The molecule has 1 unspecified atom stereocenters. The number of benzene rings is 1. The van der Waals surface area contributed by atoms with Crippen molar-refractivity contribution in [3.05, 3.63) is 46.2 Å². The van der Waals surface area contributed by atoms with Gasteiger partial charge in [0.15, 0.2) is 5.69 Å². The molecule has 116 valence electrons. The largest absolute Gasteiger partial charge is 0.349 e. The second-order valence-electron chi connectivity index (χ2n) is 5.25. The third-order valence-electron chi connectivity index (χ3n) is 3.66. The Morgan fingerprint density at radius 1 is 1.36 bits per heavy atom. The molecule has 1 saturated heterocycles. The number of hydrogen-bond donors (Lipinski definition) is 2. The van der Waals surface area contributed by atoms with Crippen LogP contribution < -0.4 is 10.6 Å². The number of nitrogens with zero attached hydrogens (tertiary/aromatic N) is 2. The highest BCUT2D eigenvalue weighted by Crippen LogP contribution is 2.24. The van der Waals surface area contributed by atoms with Gasteiger partial charge in [-0.25, -0.2) is 4.68 Å². The molecule has 1 aliphatic rings. The topological polar surface area (TPSA) is 59.0 Å². The van der Waals surface area contributed by atoms with Crippen LogP contribution in [-0.4, -0.2) is 34.8 Å². The minimum absolute atomic E-state index is 0.174. The Morgan fingerprint density at radius 3 is 2.95 bits per heavy atom. The van der Waals surface area contributed by atoms with Gasteiger partial charge in [-0.1, -0.05) is 23.2 Å². The molecule has 1 fully saturated rings. The summed E-state index contributed by atoms with van der Waals surface area (Å²) in [7, 11) is 0. The summed E-state index contributed by atoms with van der Waals surface area (Å²) in [6, 6.07) is 7.25. The van der Waals surface area contributed by atoms with Gasteiger partial charge in [0, 0.05) is 18.8 Å². The molecule has 0 aliphatic carbocycles. The van der Waals surface area contributed by atoms with E-state index >= 15 is 0 Å². The summed E-state index contributed by atoms with van der Waals surface area (Å²) in [6.07, 6.45) is 3.98. The summed E-state index contributed by atoms with van der Waals surface area (Å²) in [5.74, 6) is -0.174. The molecule has 2 aromatic rings. The maximum absolute atomic E-state index is 12.1. The molecule has 5 nitrogen and oxygen atoms in total. The number of carbonyl (C=O) groups is 1. The average Bonchev–Trinajstić information content (AvgIpc) is 3.18. The van der Waals surface area contributed by atoms with E-state index in [4.69, 9.17) is 23.2 Å². The van der Waals surface area contributed by atoms with E-state index in [1.54, 1.807) is 35.1 Å². The molecular weight excluding hydrogens is 323 g/mol. The molecule has 1 amide bonds. The van der Waals surface area contributed by atoms with E-state index in [-0.39, 0.29) is 5.91 Å². The second kappa shape index (κ2) is 6.69. The van der Waals surface area contributed by atoms with Crippen LogP contribution in [0.3, 0.4) is 0 Å². The highest BCUT2D eigenvalue weighted by Gasteiger charge is 2.16. The molecule has 7 heteroatoms. The number of nitrogens with one attached hydrogen (secondary N) is 2. The first-order valence-electron chi connectivity index (χ1n) is 7.16. The standard InChI is InChI=1S/C15H16Cl2N4O/c16-12-4-3-11(8-13(12)17)21-7-5-14(20-21)15(22)19-9-10-2-1-6-18-10/h3-5,7-8,10,18H,1-2,6,9H2,(H,19,22). The summed E-state index contributed by atoms with van der Waals surface area (Å²) in [6.45, 7) is 1.64. The monoisotopic (exact) mass is 338 g/mol. The molecule has 2 N–H and O–H groups in total. The zero-order chi connectivity index (χ0) is 15.5. The first-order chi connectivity index (χ1) is 10.6. The van der Waals surface area contributed by atoms with Gasteiger partial charge in [-0.15, -0.1) is 0 Å². The Morgan fingerprint density at radius 2 is 2.23 bits per heavy atom. The van der Waals surface area contributed by atoms with Crippen molar-refractivity contribution < 1.29 is 4.79 Å². The quantitative estimate of drug-likeness (QED) is 0.900. The second-order valence-corrected chi connectivity index (χ2v) is 6.06. The molecule has 22 heavy (non-hydrogen) atoms. The lowest BCUT2D eigenvalue weighted by Crippen LogP contribution is -2.37. The molecule has 0 spiro atoms. The van der Waals surface area contributed by atoms with Gasteiger partial charge in [0.05, 0.1) is 15.7 Å².